The fourth-order valence-corrected chi connectivity index (χ4v) is 5.67. The second kappa shape index (κ2) is 8.85. The van der Waals surface area contributed by atoms with Crippen LogP contribution in [-0.2, 0) is 24.8 Å². The summed E-state index contributed by atoms with van der Waals surface area (Å²) in [5, 5.41) is 2.66. The van der Waals surface area contributed by atoms with E-state index in [0.29, 0.717) is 30.2 Å². The molecule has 2 aromatic carbocycles. The first-order valence-corrected chi connectivity index (χ1v) is 13.0. The van der Waals surface area contributed by atoms with Gasteiger partial charge in [-0.25, -0.2) is 16.8 Å². The number of rotatable bonds is 7. The Morgan fingerprint density at radius 1 is 1.06 bits per heavy atom. The van der Waals surface area contributed by atoms with Gasteiger partial charge in [-0.1, -0.05) is 26.0 Å². The molecule has 1 aliphatic heterocycles. The van der Waals surface area contributed by atoms with Crippen LogP contribution in [-0.4, -0.2) is 59.0 Å². The molecule has 0 unspecified atom stereocenters. The average Bonchev–Trinajstić information content (AvgIpc) is 2.73. The molecule has 0 spiro atoms. The molecule has 9 nitrogen and oxygen atoms in total. The van der Waals surface area contributed by atoms with E-state index in [2.05, 4.69) is 5.32 Å². The van der Waals surface area contributed by atoms with E-state index in [1.807, 2.05) is 0 Å². The molecule has 0 bridgehead atoms. The van der Waals surface area contributed by atoms with Gasteiger partial charge in [0.25, 0.3) is 5.91 Å². The van der Waals surface area contributed by atoms with Crippen molar-refractivity contribution in [2.24, 2.45) is 0 Å². The number of nitrogens with one attached hydrogen (secondary N) is 1. The fraction of sp³-hybridized carbons (Fsp3) is 0.350. The fourth-order valence-electron chi connectivity index (χ4n) is 3.30. The zero-order valence-corrected chi connectivity index (χ0v) is 19.1. The Kier molecular flexibility index (Phi) is 6.58. The number of ether oxygens (including phenoxy) is 1. The molecule has 1 aliphatic rings. The van der Waals surface area contributed by atoms with E-state index >= 15 is 0 Å². The van der Waals surface area contributed by atoms with Gasteiger partial charge in [0.1, 0.15) is 5.75 Å². The van der Waals surface area contributed by atoms with Crippen molar-refractivity contribution in [3.05, 3.63) is 48.5 Å². The van der Waals surface area contributed by atoms with Crippen LogP contribution < -0.4 is 14.4 Å². The zero-order valence-electron chi connectivity index (χ0n) is 17.5. The van der Waals surface area contributed by atoms with Gasteiger partial charge >= 0.3 is 0 Å². The van der Waals surface area contributed by atoms with Crippen LogP contribution in [0.2, 0.25) is 0 Å². The first kappa shape index (κ1) is 23.0. The minimum Gasteiger partial charge on any atom is -0.476 e. The Morgan fingerprint density at radius 3 is 2.26 bits per heavy atom. The molecule has 0 saturated heterocycles. The summed E-state index contributed by atoms with van der Waals surface area (Å²) in [5.41, 5.74) is 0.747. The summed E-state index contributed by atoms with van der Waals surface area (Å²) in [7, 11) is -7.21. The molecule has 1 N–H and O–H groups in total. The van der Waals surface area contributed by atoms with Gasteiger partial charge in [-0.2, -0.15) is 4.31 Å². The number of sulfonamides is 2. The lowest BCUT2D eigenvalue weighted by atomic mass is 10.2. The maximum absolute atomic E-state index is 12.7. The summed E-state index contributed by atoms with van der Waals surface area (Å²) in [6.07, 6.45) is 0.00256. The first-order chi connectivity index (χ1) is 14.6. The monoisotopic (exact) mass is 467 g/mol. The highest BCUT2D eigenvalue weighted by atomic mass is 32.2. The lowest BCUT2D eigenvalue weighted by Crippen LogP contribution is -2.48. The van der Waals surface area contributed by atoms with E-state index in [0.717, 1.165) is 10.6 Å². The smallest absolute Gasteiger partial charge is 0.267 e. The van der Waals surface area contributed by atoms with Crippen LogP contribution in [0.15, 0.2) is 53.4 Å². The number of carbonyl (C=O) groups excluding carboxylic acids is 1. The Hall–Kier alpha value is -2.63. The molecular formula is C20H25N3O6S2. The van der Waals surface area contributed by atoms with Crippen molar-refractivity contribution in [2.75, 3.05) is 35.5 Å². The van der Waals surface area contributed by atoms with Crippen molar-refractivity contribution < 1.29 is 26.4 Å². The second-order valence-corrected chi connectivity index (χ2v) is 10.8. The van der Waals surface area contributed by atoms with Crippen LogP contribution in [0, 0.1) is 0 Å². The van der Waals surface area contributed by atoms with Crippen molar-refractivity contribution >= 4 is 37.3 Å². The predicted octanol–water partition coefficient (Wildman–Crippen LogP) is 1.88. The second-order valence-electron chi connectivity index (χ2n) is 6.97. The minimum absolute atomic E-state index is 0.125. The molecule has 0 aromatic heterocycles. The van der Waals surface area contributed by atoms with E-state index < -0.39 is 32.1 Å². The highest BCUT2D eigenvalue weighted by Gasteiger charge is 2.35. The van der Waals surface area contributed by atoms with Crippen LogP contribution in [0.1, 0.15) is 13.8 Å². The van der Waals surface area contributed by atoms with E-state index in [1.54, 1.807) is 38.1 Å². The number of hydrogen-bond donors (Lipinski definition) is 1. The molecular weight excluding hydrogens is 442 g/mol. The molecule has 1 heterocycles. The molecule has 0 aliphatic carbocycles. The van der Waals surface area contributed by atoms with Gasteiger partial charge in [0.05, 0.1) is 23.4 Å². The molecule has 2 aromatic rings. The highest BCUT2D eigenvalue weighted by Crippen LogP contribution is 2.34. The minimum atomic E-state index is -3.61. The molecule has 3 rings (SSSR count). The Bertz CT molecular complexity index is 1160. The number of benzene rings is 2. The number of para-hydroxylation sites is 2. The lowest BCUT2D eigenvalue weighted by Gasteiger charge is -2.33. The number of nitrogens with zero attached hydrogens (tertiary/aromatic N) is 2. The molecule has 168 valence electrons. The molecule has 1 atom stereocenters. The summed E-state index contributed by atoms with van der Waals surface area (Å²) >= 11 is 0. The Balaban J connectivity index is 1.78. The third-order valence-corrected chi connectivity index (χ3v) is 8.10. The van der Waals surface area contributed by atoms with Crippen LogP contribution in [0.25, 0.3) is 0 Å². The van der Waals surface area contributed by atoms with Crippen molar-refractivity contribution in [1.29, 1.82) is 0 Å². The molecule has 31 heavy (non-hydrogen) atoms. The maximum atomic E-state index is 12.7. The van der Waals surface area contributed by atoms with Crippen LogP contribution in [0.5, 0.6) is 5.75 Å². The molecule has 1 amide bonds. The average molecular weight is 468 g/mol. The van der Waals surface area contributed by atoms with E-state index in [-0.39, 0.29) is 11.4 Å². The summed E-state index contributed by atoms with van der Waals surface area (Å²) in [4.78, 5) is 12.9. The number of amides is 1. The van der Waals surface area contributed by atoms with Crippen molar-refractivity contribution in [1.82, 2.24) is 4.31 Å². The summed E-state index contributed by atoms with van der Waals surface area (Å²) < 4.78 is 57.7. The summed E-state index contributed by atoms with van der Waals surface area (Å²) in [6.45, 7) is 4.06. The van der Waals surface area contributed by atoms with Gasteiger partial charge in [-0.05, 0) is 36.4 Å². The van der Waals surface area contributed by atoms with Gasteiger partial charge in [0.15, 0.2) is 6.10 Å². The number of carbonyl (C=O) groups is 1. The predicted molar refractivity (Wildman–Crippen MR) is 118 cm³/mol. The highest BCUT2D eigenvalue weighted by molar-refractivity contribution is 7.92. The van der Waals surface area contributed by atoms with Gasteiger partial charge in [0, 0.05) is 18.8 Å². The largest absolute Gasteiger partial charge is 0.476 e. The summed E-state index contributed by atoms with van der Waals surface area (Å²) in [5.74, 6) is -0.248. The molecule has 11 heteroatoms. The SMILES string of the molecule is CCN(CC)S(=O)(=O)c1ccc(NC(=O)[C@H]2CN(S(C)(=O)=O)c3ccccc3O2)cc1. The lowest BCUT2D eigenvalue weighted by molar-refractivity contribution is -0.122. The van der Waals surface area contributed by atoms with E-state index in [4.69, 9.17) is 4.74 Å². The van der Waals surface area contributed by atoms with Gasteiger partial charge < -0.3 is 10.1 Å². The molecule has 0 saturated carbocycles. The number of fused-ring (bicyclic) bond motifs is 1. The zero-order chi connectivity index (χ0) is 22.8. The standard InChI is InChI=1S/C20H25N3O6S2/c1-4-22(5-2)31(27,28)16-12-10-15(11-13-16)21-20(24)19-14-23(30(3,25)26)17-8-6-7-9-18(17)29-19/h6-13,19H,4-5,14H2,1-3H3,(H,21,24)/t19-/m1/s1. The number of hydrogen-bond acceptors (Lipinski definition) is 6. The van der Waals surface area contributed by atoms with Crippen molar-refractivity contribution in [2.45, 2.75) is 24.8 Å². The van der Waals surface area contributed by atoms with Crippen LogP contribution in [0.4, 0.5) is 11.4 Å². The Labute approximate surface area is 182 Å². The maximum Gasteiger partial charge on any atom is 0.267 e. The van der Waals surface area contributed by atoms with Gasteiger partial charge in [-0.3, -0.25) is 9.10 Å². The third kappa shape index (κ3) is 4.83. The Morgan fingerprint density at radius 2 is 1.68 bits per heavy atom. The quantitative estimate of drug-likeness (QED) is 0.665. The topological polar surface area (TPSA) is 113 Å². The molecule has 0 radical (unpaired) electrons. The van der Waals surface area contributed by atoms with Gasteiger partial charge in [-0.15, -0.1) is 0 Å². The van der Waals surface area contributed by atoms with Gasteiger partial charge in [0.2, 0.25) is 20.0 Å². The van der Waals surface area contributed by atoms with Crippen molar-refractivity contribution in [3.63, 3.8) is 0 Å². The summed E-state index contributed by atoms with van der Waals surface area (Å²) in [6, 6.07) is 12.4. The molecule has 0 fully saturated rings. The third-order valence-electron chi connectivity index (χ3n) is 4.89. The van der Waals surface area contributed by atoms with E-state index in [9.17, 15) is 21.6 Å². The normalized spacial score (nSPS) is 16.5. The van der Waals surface area contributed by atoms with E-state index in [1.165, 1.54) is 28.6 Å². The van der Waals surface area contributed by atoms with Crippen LogP contribution >= 0.6 is 0 Å². The number of anilines is 2. The van der Waals surface area contributed by atoms with Crippen LogP contribution in [0.3, 0.4) is 0 Å². The first-order valence-electron chi connectivity index (χ1n) is 9.72. The van der Waals surface area contributed by atoms with Crippen molar-refractivity contribution in [3.8, 4) is 5.75 Å².